The molecule has 0 fully saturated rings. The van der Waals surface area contributed by atoms with Crippen LogP contribution in [-0.4, -0.2) is 45.4 Å². The molecule has 8 heteroatoms. The van der Waals surface area contributed by atoms with Gasteiger partial charge < -0.3 is 4.57 Å². The van der Waals surface area contributed by atoms with Crippen molar-refractivity contribution in [1.82, 2.24) is 23.4 Å². The second-order valence-corrected chi connectivity index (χ2v) is 9.10. The predicted molar refractivity (Wildman–Crippen MR) is 107 cm³/mol. The first-order valence-electron chi connectivity index (χ1n) is 9.21. The van der Waals surface area contributed by atoms with Crippen LogP contribution >= 0.6 is 0 Å². The molecule has 28 heavy (non-hydrogen) atoms. The monoisotopic (exact) mass is 397 g/mol. The molecule has 2 aromatic carbocycles. The number of benzene rings is 2. The van der Waals surface area contributed by atoms with Crippen molar-refractivity contribution in [3.8, 4) is 11.4 Å². The molecule has 0 N–H and O–H groups in total. The Hall–Kier alpha value is -2.55. The predicted octanol–water partition coefficient (Wildman–Crippen LogP) is 2.70. The zero-order chi connectivity index (χ0) is 19.7. The summed E-state index contributed by atoms with van der Waals surface area (Å²) in [5.41, 5.74) is 1.93. The Balaban J connectivity index is 1.58. The van der Waals surface area contributed by atoms with Gasteiger partial charge in [-0.2, -0.15) is 17.0 Å². The minimum atomic E-state index is -3.61. The smallest absolute Gasteiger partial charge is 0.282 e. The van der Waals surface area contributed by atoms with Crippen molar-refractivity contribution in [2.45, 2.75) is 26.1 Å². The second kappa shape index (κ2) is 7.46. The first-order valence-corrected chi connectivity index (χ1v) is 10.6. The fourth-order valence-electron chi connectivity index (χ4n) is 3.57. The van der Waals surface area contributed by atoms with Crippen LogP contribution in [0, 0.1) is 0 Å². The van der Waals surface area contributed by atoms with E-state index in [4.69, 9.17) is 0 Å². The molecule has 1 aromatic heterocycles. The Morgan fingerprint density at radius 3 is 2.36 bits per heavy atom. The van der Waals surface area contributed by atoms with E-state index < -0.39 is 10.2 Å². The van der Waals surface area contributed by atoms with E-state index in [1.807, 2.05) is 72.2 Å². The lowest BCUT2D eigenvalue weighted by Crippen LogP contribution is -2.46. The van der Waals surface area contributed by atoms with Crippen LogP contribution in [0.1, 0.15) is 24.4 Å². The summed E-state index contributed by atoms with van der Waals surface area (Å²) in [7, 11) is -1.99. The van der Waals surface area contributed by atoms with Crippen LogP contribution in [-0.2, 0) is 23.3 Å². The van der Waals surface area contributed by atoms with E-state index in [2.05, 4.69) is 10.2 Å². The highest BCUT2D eigenvalue weighted by atomic mass is 32.2. The molecular formula is C20H23N5O2S. The number of aromatic nitrogens is 3. The van der Waals surface area contributed by atoms with Crippen molar-refractivity contribution in [3.05, 3.63) is 72.1 Å². The highest BCUT2D eigenvalue weighted by molar-refractivity contribution is 7.86. The fraction of sp³-hybridized carbons (Fsp3) is 0.300. The van der Waals surface area contributed by atoms with Gasteiger partial charge in [-0.1, -0.05) is 60.7 Å². The average Bonchev–Trinajstić information content (AvgIpc) is 3.14. The largest absolute Gasteiger partial charge is 0.306 e. The Morgan fingerprint density at radius 1 is 1.04 bits per heavy atom. The quantitative estimate of drug-likeness (QED) is 0.664. The van der Waals surface area contributed by atoms with E-state index in [0.29, 0.717) is 18.9 Å². The zero-order valence-electron chi connectivity index (χ0n) is 15.9. The van der Waals surface area contributed by atoms with E-state index in [1.54, 1.807) is 7.05 Å². The first-order chi connectivity index (χ1) is 13.5. The normalized spacial score (nSPS) is 17.6. The minimum absolute atomic E-state index is 0.0612. The maximum atomic E-state index is 13.1. The molecule has 0 aliphatic carbocycles. The molecule has 7 nitrogen and oxygen atoms in total. The number of rotatable bonds is 5. The molecule has 4 rings (SSSR count). The molecule has 0 radical (unpaired) electrons. The van der Waals surface area contributed by atoms with Gasteiger partial charge in [0, 0.05) is 31.7 Å². The third-order valence-corrected chi connectivity index (χ3v) is 6.84. The summed E-state index contributed by atoms with van der Waals surface area (Å²) >= 11 is 0. The molecule has 0 spiro atoms. The topological polar surface area (TPSA) is 71.3 Å². The summed E-state index contributed by atoms with van der Waals surface area (Å²) < 4.78 is 31.1. The molecule has 1 atom stereocenters. The summed E-state index contributed by atoms with van der Waals surface area (Å²) in [5, 5.41) is 8.60. The molecule has 0 saturated carbocycles. The fourth-order valence-corrected chi connectivity index (χ4v) is 4.96. The molecule has 0 bridgehead atoms. The van der Waals surface area contributed by atoms with Gasteiger partial charge in [-0.3, -0.25) is 0 Å². The van der Waals surface area contributed by atoms with Crippen molar-refractivity contribution < 1.29 is 8.42 Å². The summed E-state index contributed by atoms with van der Waals surface area (Å²) in [6, 6.07) is 19.4. The number of hydrogen-bond donors (Lipinski definition) is 0. The number of nitrogens with zero attached hydrogens (tertiary/aromatic N) is 5. The summed E-state index contributed by atoms with van der Waals surface area (Å²) in [6.45, 7) is 2.92. The summed E-state index contributed by atoms with van der Waals surface area (Å²) in [5.74, 6) is 1.44. The van der Waals surface area contributed by atoms with Crippen LogP contribution in [0.2, 0.25) is 0 Å². The van der Waals surface area contributed by atoms with Crippen molar-refractivity contribution in [2.75, 3.05) is 13.6 Å². The van der Waals surface area contributed by atoms with Crippen LogP contribution in [0.5, 0.6) is 0 Å². The lowest BCUT2D eigenvalue weighted by atomic mass is 10.2. The maximum Gasteiger partial charge on any atom is 0.282 e. The van der Waals surface area contributed by atoms with E-state index in [-0.39, 0.29) is 12.6 Å². The molecule has 1 aliphatic heterocycles. The molecule has 3 aromatic rings. The molecule has 0 unspecified atom stereocenters. The SMILES string of the molecule is C[C@H]1CN(S(=O)(=O)N(C)Cc2ccccc2)Cc2nnc(-c3ccccc3)n21. The standard InChI is InChI=1S/C20H23N5O2S/c1-16-13-24(28(26,27)23(2)14-17-9-5-3-6-10-17)15-19-21-22-20(25(16)19)18-11-7-4-8-12-18/h3-12,16H,13-15H2,1-2H3/t16-/m0/s1. The Kier molecular flexibility index (Phi) is 5.01. The number of fused-ring (bicyclic) bond motifs is 1. The molecule has 0 amide bonds. The van der Waals surface area contributed by atoms with Crippen LogP contribution in [0.4, 0.5) is 0 Å². The average molecular weight is 398 g/mol. The maximum absolute atomic E-state index is 13.1. The van der Waals surface area contributed by atoms with Gasteiger partial charge in [0.25, 0.3) is 10.2 Å². The van der Waals surface area contributed by atoms with Crippen LogP contribution in [0.3, 0.4) is 0 Å². The summed E-state index contributed by atoms with van der Waals surface area (Å²) in [4.78, 5) is 0. The van der Waals surface area contributed by atoms with Crippen molar-refractivity contribution in [2.24, 2.45) is 0 Å². The molecular weight excluding hydrogens is 374 g/mol. The van der Waals surface area contributed by atoms with Gasteiger partial charge in [0.2, 0.25) is 0 Å². The van der Waals surface area contributed by atoms with E-state index in [9.17, 15) is 8.42 Å². The third kappa shape index (κ3) is 3.46. The van der Waals surface area contributed by atoms with Gasteiger partial charge in [0.15, 0.2) is 5.82 Å². The Bertz CT molecular complexity index is 1050. The first kappa shape index (κ1) is 18.8. The van der Waals surface area contributed by atoms with Crippen LogP contribution in [0.15, 0.2) is 60.7 Å². The van der Waals surface area contributed by atoms with Crippen LogP contribution < -0.4 is 0 Å². The van der Waals surface area contributed by atoms with Gasteiger partial charge in [-0.15, -0.1) is 10.2 Å². The Morgan fingerprint density at radius 2 is 1.68 bits per heavy atom. The molecule has 1 aliphatic rings. The van der Waals surface area contributed by atoms with Gasteiger partial charge in [-0.05, 0) is 12.5 Å². The minimum Gasteiger partial charge on any atom is -0.306 e. The summed E-state index contributed by atoms with van der Waals surface area (Å²) in [6.07, 6.45) is 0. The van der Waals surface area contributed by atoms with Crippen molar-refractivity contribution in [3.63, 3.8) is 0 Å². The zero-order valence-corrected chi connectivity index (χ0v) is 16.7. The van der Waals surface area contributed by atoms with Crippen molar-refractivity contribution >= 4 is 10.2 Å². The highest BCUT2D eigenvalue weighted by Crippen LogP contribution is 2.29. The third-order valence-electron chi connectivity index (χ3n) is 4.99. The van der Waals surface area contributed by atoms with E-state index in [0.717, 1.165) is 17.0 Å². The lowest BCUT2D eigenvalue weighted by Gasteiger charge is -2.34. The number of hydrogen-bond acceptors (Lipinski definition) is 4. The van der Waals surface area contributed by atoms with E-state index in [1.165, 1.54) is 8.61 Å². The van der Waals surface area contributed by atoms with Gasteiger partial charge in [0.05, 0.1) is 6.54 Å². The molecule has 0 saturated heterocycles. The van der Waals surface area contributed by atoms with Crippen molar-refractivity contribution in [1.29, 1.82) is 0 Å². The van der Waals surface area contributed by atoms with Crippen LogP contribution in [0.25, 0.3) is 11.4 Å². The van der Waals surface area contributed by atoms with Gasteiger partial charge >= 0.3 is 0 Å². The van der Waals surface area contributed by atoms with Gasteiger partial charge in [0.1, 0.15) is 5.82 Å². The second-order valence-electron chi connectivity index (χ2n) is 7.07. The Labute approximate surface area is 165 Å². The molecule has 146 valence electrons. The highest BCUT2D eigenvalue weighted by Gasteiger charge is 2.35. The van der Waals surface area contributed by atoms with E-state index >= 15 is 0 Å². The van der Waals surface area contributed by atoms with Gasteiger partial charge in [-0.25, -0.2) is 0 Å². The molecule has 2 heterocycles. The lowest BCUT2D eigenvalue weighted by molar-refractivity contribution is 0.272.